The molecular weight excluding hydrogens is 262 g/mol. The average molecular weight is 280 g/mol. The summed E-state index contributed by atoms with van der Waals surface area (Å²) < 4.78 is 28.1. The minimum Gasteiger partial charge on any atom is -0.313 e. The monoisotopic (exact) mass is 280 g/mol. The van der Waals surface area contributed by atoms with Crippen molar-refractivity contribution in [3.63, 3.8) is 0 Å². The van der Waals surface area contributed by atoms with Crippen LogP contribution in [0.4, 0.5) is 8.78 Å². The number of nitrogens with zero attached hydrogens (tertiary/aromatic N) is 3. The molecule has 20 heavy (non-hydrogen) atoms. The molecule has 0 aliphatic heterocycles. The Hall–Kier alpha value is -1.82. The molecule has 0 amide bonds. The second kappa shape index (κ2) is 6.09. The Morgan fingerprint density at radius 2 is 2.00 bits per heavy atom. The number of aromatic nitrogens is 3. The smallest absolute Gasteiger partial charge is 0.159 e. The van der Waals surface area contributed by atoms with Crippen molar-refractivity contribution in [3.8, 4) is 0 Å². The van der Waals surface area contributed by atoms with Crippen LogP contribution in [0.1, 0.15) is 37.3 Å². The largest absolute Gasteiger partial charge is 0.313 e. The van der Waals surface area contributed by atoms with Crippen LogP contribution in [-0.4, -0.2) is 21.8 Å². The lowest BCUT2D eigenvalue weighted by atomic mass is 10.0. The van der Waals surface area contributed by atoms with E-state index in [4.69, 9.17) is 0 Å². The van der Waals surface area contributed by atoms with Crippen LogP contribution in [0.3, 0.4) is 0 Å². The first kappa shape index (κ1) is 14.6. The zero-order valence-corrected chi connectivity index (χ0v) is 11.8. The van der Waals surface area contributed by atoms with Gasteiger partial charge in [0.05, 0.1) is 0 Å². The quantitative estimate of drug-likeness (QED) is 0.915. The third-order valence-corrected chi connectivity index (χ3v) is 3.22. The van der Waals surface area contributed by atoms with Gasteiger partial charge in [0.2, 0.25) is 0 Å². The molecule has 0 aliphatic rings. The second-order valence-corrected chi connectivity index (χ2v) is 4.93. The fourth-order valence-electron chi connectivity index (χ4n) is 2.15. The molecule has 2 rings (SSSR count). The van der Waals surface area contributed by atoms with E-state index in [1.165, 1.54) is 12.4 Å². The van der Waals surface area contributed by atoms with Crippen molar-refractivity contribution >= 4 is 0 Å². The van der Waals surface area contributed by atoms with Crippen molar-refractivity contribution in [2.45, 2.75) is 32.4 Å². The maximum absolute atomic E-state index is 13.3. The van der Waals surface area contributed by atoms with Crippen molar-refractivity contribution in [1.29, 1.82) is 0 Å². The van der Waals surface area contributed by atoms with Gasteiger partial charge in [-0.1, -0.05) is 6.07 Å². The minimum atomic E-state index is -0.840. The molecule has 0 fully saturated rings. The summed E-state index contributed by atoms with van der Waals surface area (Å²) in [5.41, 5.74) is 0.685. The molecule has 0 radical (unpaired) electrons. The van der Waals surface area contributed by atoms with Gasteiger partial charge in [0, 0.05) is 18.5 Å². The molecule has 1 unspecified atom stereocenters. The van der Waals surface area contributed by atoms with Crippen molar-refractivity contribution < 1.29 is 8.78 Å². The number of rotatable bonds is 5. The molecule has 0 spiro atoms. The van der Waals surface area contributed by atoms with E-state index in [0.717, 1.165) is 11.9 Å². The summed E-state index contributed by atoms with van der Waals surface area (Å²) in [6, 6.07) is 3.99. The predicted octanol–water partition coefficient (Wildman–Crippen LogP) is 2.64. The standard InChI is InChI=1S/C14H18F2N4/c1-9(2)20-14(18-8-19-20)7-13(17-3)10-4-5-11(15)12(16)6-10/h4-6,8-9,13,17H,7H2,1-3H3. The first-order chi connectivity index (χ1) is 9.52. The van der Waals surface area contributed by atoms with E-state index < -0.39 is 11.6 Å². The molecule has 2 aromatic rings. The SMILES string of the molecule is CNC(Cc1ncnn1C(C)C)c1ccc(F)c(F)c1. The zero-order chi connectivity index (χ0) is 14.7. The first-order valence-corrected chi connectivity index (χ1v) is 6.53. The Kier molecular flexibility index (Phi) is 4.44. The van der Waals surface area contributed by atoms with Gasteiger partial charge in [-0.05, 0) is 38.6 Å². The number of halogens is 2. The molecular formula is C14H18F2N4. The van der Waals surface area contributed by atoms with E-state index in [9.17, 15) is 8.78 Å². The summed E-state index contributed by atoms with van der Waals surface area (Å²) in [6.07, 6.45) is 2.06. The lowest BCUT2D eigenvalue weighted by Gasteiger charge is -2.18. The Balaban J connectivity index is 2.24. The normalized spacial score (nSPS) is 12.9. The lowest BCUT2D eigenvalue weighted by molar-refractivity contribution is 0.473. The maximum atomic E-state index is 13.3. The van der Waals surface area contributed by atoms with Crippen LogP contribution < -0.4 is 5.32 Å². The summed E-state index contributed by atoms with van der Waals surface area (Å²) in [5.74, 6) is -0.869. The van der Waals surface area contributed by atoms with Crippen LogP contribution in [0.2, 0.25) is 0 Å². The van der Waals surface area contributed by atoms with Gasteiger partial charge in [0.1, 0.15) is 12.2 Å². The summed E-state index contributed by atoms with van der Waals surface area (Å²) in [7, 11) is 1.78. The molecule has 0 saturated heterocycles. The van der Waals surface area contributed by atoms with E-state index >= 15 is 0 Å². The zero-order valence-electron chi connectivity index (χ0n) is 11.8. The summed E-state index contributed by atoms with van der Waals surface area (Å²) >= 11 is 0. The topological polar surface area (TPSA) is 42.7 Å². The van der Waals surface area contributed by atoms with Gasteiger partial charge in [-0.25, -0.2) is 18.4 Å². The molecule has 0 aliphatic carbocycles. The number of nitrogens with one attached hydrogen (secondary N) is 1. The van der Waals surface area contributed by atoms with Gasteiger partial charge < -0.3 is 5.32 Å². The molecule has 1 aromatic carbocycles. The molecule has 0 saturated carbocycles. The molecule has 4 nitrogen and oxygen atoms in total. The van der Waals surface area contributed by atoms with Gasteiger partial charge in [-0.2, -0.15) is 5.10 Å². The van der Waals surface area contributed by atoms with Crippen molar-refractivity contribution in [1.82, 2.24) is 20.1 Å². The third kappa shape index (κ3) is 3.01. The Morgan fingerprint density at radius 1 is 1.25 bits per heavy atom. The minimum absolute atomic E-state index is 0.146. The van der Waals surface area contributed by atoms with E-state index in [1.54, 1.807) is 13.1 Å². The first-order valence-electron chi connectivity index (χ1n) is 6.53. The van der Waals surface area contributed by atoms with Crippen LogP contribution in [0.5, 0.6) is 0 Å². The van der Waals surface area contributed by atoms with E-state index in [1.807, 2.05) is 18.5 Å². The summed E-state index contributed by atoms with van der Waals surface area (Å²) in [5, 5.41) is 7.27. The van der Waals surface area contributed by atoms with Gasteiger partial charge in [-0.15, -0.1) is 0 Å². The Labute approximate surface area is 116 Å². The second-order valence-electron chi connectivity index (χ2n) is 4.93. The number of likely N-dealkylation sites (N-methyl/N-ethyl adjacent to an activating group) is 1. The number of benzene rings is 1. The van der Waals surface area contributed by atoms with Gasteiger partial charge in [0.25, 0.3) is 0 Å². The molecule has 1 heterocycles. The van der Waals surface area contributed by atoms with Crippen LogP contribution >= 0.6 is 0 Å². The van der Waals surface area contributed by atoms with Crippen molar-refractivity contribution in [2.24, 2.45) is 0 Å². The molecule has 1 atom stereocenters. The third-order valence-electron chi connectivity index (χ3n) is 3.22. The van der Waals surface area contributed by atoms with E-state index in [0.29, 0.717) is 12.0 Å². The highest BCUT2D eigenvalue weighted by atomic mass is 19.2. The molecule has 108 valence electrons. The summed E-state index contributed by atoms with van der Waals surface area (Å²) in [4.78, 5) is 4.23. The Bertz CT molecular complexity index is 580. The van der Waals surface area contributed by atoms with Crippen molar-refractivity contribution in [3.05, 3.63) is 47.5 Å². The molecule has 1 aromatic heterocycles. The number of hydrogen-bond donors (Lipinski definition) is 1. The fraction of sp³-hybridized carbons (Fsp3) is 0.429. The van der Waals surface area contributed by atoms with Crippen molar-refractivity contribution in [2.75, 3.05) is 7.05 Å². The van der Waals surface area contributed by atoms with Crippen LogP contribution in [0, 0.1) is 11.6 Å². The average Bonchev–Trinajstić information content (AvgIpc) is 2.87. The van der Waals surface area contributed by atoms with Gasteiger partial charge in [-0.3, -0.25) is 0 Å². The van der Waals surface area contributed by atoms with Crippen LogP contribution in [-0.2, 0) is 6.42 Å². The van der Waals surface area contributed by atoms with Crippen LogP contribution in [0.15, 0.2) is 24.5 Å². The van der Waals surface area contributed by atoms with E-state index in [-0.39, 0.29) is 12.1 Å². The maximum Gasteiger partial charge on any atom is 0.159 e. The molecule has 1 N–H and O–H groups in total. The van der Waals surface area contributed by atoms with Gasteiger partial charge >= 0.3 is 0 Å². The molecule has 0 bridgehead atoms. The predicted molar refractivity (Wildman–Crippen MR) is 72.3 cm³/mol. The van der Waals surface area contributed by atoms with Crippen LogP contribution in [0.25, 0.3) is 0 Å². The van der Waals surface area contributed by atoms with E-state index in [2.05, 4.69) is 15.4 Å². The Morgan fingerprint density at radius 3 is 2.60 bits per heavy atom. The highest BCUT2D eigenvalue weighted by Gasteiger charge is 2.17. The number of hydrogen-bond acceptors (Lipinski definition) is 3. The highest BCUT2D eigenvalue weighted by molar-refractivity contribution is 5.22. The highest BCUT2D eigenvalue weighted by Crippen LogP contribution is 2.20. The lowest BCUT2D eigenvalue weighted by Crippen LogP contribution is -2.22. The van der Waals surface area contributed by atoms with Gasteiger partial charge in [0.15, 0.2) is 11.6 Å². The molecule has 6 heteroatoms. The fourth-order valence-corrected chi connectivity index (χ4v) is 2.15. The summed E-state index contributed by atoms with van der Waals surface area (Å²) in [6.45, 7) is 4.04.